The fraction of sp³-hybridized carbons (Fsp3) is 0.231. The summed E-state index contributed by atoms with van der Waals surface area (Å²) in [7, 11) is 1.65. The first-order valence-electron chi connectivity index (χ1n) is 10.8. The summed E-state index contributed by atoms with van der Waals surface area (Å²) in [5, 5.41) is 9.38. The van der Waals surface area contributed by atoms with Gasteiger partial charge in [0.2, 0.25) is 0 Å². The molecule has 6 heteroatoms. The maximum absolute atomic E-state index is 6.22. The Morgan fingerprint density at radius 1 is 0.844 bits per heavy atom. The van der Waals surface area contributed by atoms with Crippen LogP contribution in [0.25, 0.3) is 17.1 Å². The highest BCUT2D eigenvalue weighted by atomic mass is 35.5. The molecule has 4 aromatic rings. The fourth-order valence-corrected chi connectivity index (χ4v) is 3.82. The van der Waals surface area contributed by atoms with E-state index in [2.05, 4.69) is 34.5 Å². The fourth-order valence-electron chi connectivity index (χ4n) is 3.63. The van der Waals surface area contributed by atoms with E-state index >= 15 is 0 Å². The molecular formula is C26H26ClN3O2. The van der Waals surface area contributed by atoms with E-state index in [4.69, 9.17) is 21.1 Å². The standard InChI is InChI=1S/C26H26ClN3O2/c1-31-24-17-8-7-16-23(24)30-25(21-14-10-15-22(27)19-21)28-29-26(30)32-18-9-3-6-13-20-11-4-2-5-12-20/h2,4-5,7-8,10-12,14-17,19H,3,6,9,13,18H2,1H3. The molecule has 3 aromatic carbocycles. The maximum atomic E-state index is 6.22. The summed E-state index contributed by atoms with van der Waals surface area (Å²) in [5.41, 5.74) is 3.04. The number of aromatic nitrogens is 3. The Morgan fingerprint density at radius 3 is 2.47 bits per heavy atom. The molecule has 0 bridgehead atoms. The van der Waals surface area contributed by atoms with Crippen molar-refractivity contribution in [3.05, 3.63) is 89.4 Å². The Labute approximate surface area is 193 Å². The van der Waals surface area contributed by atoms with Crippen LogP contribution in [-0.4, -0.2) is 28.5 Å². The SMILES string of the molecule is COc1ccccc1-n1c(OCCCCCc2ccccc2)nnc1-c1cccc(Cl)c1. The first-order valence-corrected chi connectivity index (χ1v) is 11.2. The quantitative estimate of drug-likeness (QED) is 0.264. The molecule has 0 amide bonds. The lowest BCUT2D eigenvalue weighted by Crippen LogP contribution is -2.06. The van der Waals surface area contributed by atoms with E-state index in [0.29, 0.717) is 29.2 Å². The van der Waals surface area contributed by atoms with E-state index < -0.39 is 0 Å². The molecule has 0 fully saturated rings. The van der Waals surface area contributed by atoms with Crippen molar-refractivity contribution in [2.45, 2.75) is 25.7 Å². The number of methoxy groups -OCH3 is 1. The third-order valence-electron chi connectivity index (χ3n) is 5.23. The molecule has 32 heavy (non-hydrogen) atoms. The van der Waals surface area contributed by atoms with Crippen LogP contribution in [0.15, 0.2) is 78.9 Å². The lowest BCUT2D eigenvalue weighted by Gasteiger charge is -2.14. The second-order valence-electron chi connectivity index (χ2n) is 7.47. The van der Waals surface area contributed by atoms with Gasteiger partial charge < -0.3 is 9.47 Å². The zero-order chi connectivity index (χ0) is 22.2. The molecule has 0 atom stereocenters. The van der Waals surface area contributed by atoms with E-state index in [1.165, 1.54) is 5.56 Å². The van der Waals surface area contributed by atoms with Gasteiger partial charge in [-0.25, -0.2) is 4.57 Å². The Kier molecular flexibility index (Phi) is 7.41. The number of aryl methyl sites for hydroxylation is 1. The van der Waals surface area contributed by atoms with Crippen LogP contribution in [0.3, 0.4) is 0 Å². The zero-order valence-corrected chi connectivity index (χ0v) is 18.8. The van der Waals surface area contributed by atoms with Crippen molar-refractivity contribution in [3.8, 4) is 28.8 Å². The average Bonchev–Trinajstić information content (AvgIpc) is 3.25. The summed E-state index contributed by atoms with van der Waals surface area (Å²) < 4.78 is 13.5. The molecule has 0 unspecified atom stereocenters. The van der Waals surface area contributed by atoms with Crippen molar-refractivity contribution in [3.63, 3.8) is 0 Å². The highest BCUT2D eigenvalue weighted by Gasteiger charge is 2.19. The number of hydrogen-bond donors (Lipinski definition) is 0. The number of para-hydroxylation sites is 2. The second kappa shape index (κ2) is 10.8. The third-order valence-corrected chi connectivity index (χ3v) is 5.46. The van der Waals surface area contributed by atoms with Crippen LogP contribution in [0, 0.1) is 0 Å². The van der Waals surface area contributed by atoms with Crippen molar-refractivity contribution < 1.29 is 9.47 Å². The van der Waals surface area contributed by atoms with Crippen LogP contribution in [0.2, 0.25) is 5.02 Å². The Morgan fingerprint density at radius 2 is 1.66 bits per heavy atom. The zero-order valence-electron chi connectivity index (χ0n) is 18.1. The molecule has 0 N–H and O–H groups in total. The predicted octanol–water partition coefficient (Wildman–Crippen LogP) is 6.39. The number of ether oxygens (including phenoxy) is 2. The average molecular weight is 448 g/mol. The summed E-state index contributed by atoms with van der Waals surface area (Å²) in [5.74, 6) is 1.36. The molecule has 0 aliphatic heterocycles. The molecule has 4 rings (SSSR count). The van der Waals surface area contributed by atoms with Gasteiger partial charge >= 0.3 is 6.01 Å². The Hall–Kier alpha value is -3.31. The summed E-state index contributed by atoms with van der Waals surface area (Å²) in [6.07, 6.45) is 4.23. The smallest absolute Gasteiger partial charge is 0.322 e. The molecule has 0 spiro atoms. The van der Waals surface area contributed by atoms with Crippen LogP contribution in [0.1, 0.15) is 24.8 Å². The van der Waals surface area contributed by atoms with Crippen LogP contribution >= 0.6 is 11.6 Å². The second-order valence-corrected chi connectivity index (χ2v) is 7.90. The molecule has 0 saturated carbocycles. The van der Waals surface area contributed by atoms with Gasteiger partial charge in [0, 0.05) is 10.6 Å². The van der Waals surface area contributed by atoms with Crippen molar-refractivity contribution in [2.75, 3.05) is 13.7 Å². The highest BCUT2D eigenvalue weighted by molar-refractivity contribution is 6.30. The molecule has 0 aliphatic rings. The van der Waals surface area contributed by atoms with Crippen molar-refractivity contribution in [1.29, 1.82) is 0 Å². The molecule has 1 aromatic heterocycles. The summed E-state index contributed by atoms with van der Waals surface area (Å²) in [4.78, 5) is 0. The van der Waals surface area contributed by atoms with E-state index in [1.54, 1.807) is 7.11 Å². The lowest BCUT2D eigenvalue weighted by molar-refractivity contribution is 0.276. The van der Waals surface area contributed by atoms with Crippen LogP contribution in [0.4, 0.5) is 0 Å². The van der Waals surface area contributed by atoms with Crippen LogP contribution in [-0.2, 0) is 6.42 Å². The minimum atomic E-state index is 0.438. The summed E-state index contributed by atoms with van der Waals surface area (Å²) in [6, 6.07) is 26.3. The van der Waals surface area contributed by atoms with E-state index in [1.807, 2.05) is 59.2 Å². The highest BCUT2D eigenvalue weighted by Crippen LogP contribution is 2.32. The van der Waals surface area contributed by atoms with Gasteiger partial charge in [-0.3, -0.25) is 0 Å². The first kappa shape index (κ1) is 21.9. The minimum Gasteiger partial charge on any atom is -0.495 e. The van der Waals surface area contributed by atoms with Crippen molar-refractivity contribution >= 4 is 11.6 Å². The van der Waals surface area contributed by atoms with E-state index in [0.717, 1.165) is 36.9 Å². The van der Waals surface area contributed by atoms with Crippen LogP contribution in [0.5, 0.6) is 11.8 Å². The molecule has 0 aliphatic carbocycles. The Balaban J connectivity index is 1.49. The van der Waals surface area contributed by atoms with Crippen molar-refractivity contribution in [1.82, 2.24) is 14.8 Å². The van der Waals surface area contributed by atoms with Gasteiger partial charge in [0.15, 0.2) is 5.82 Å². The third kappa shape index (κ3) is 5.29. The van der Waals surface area contributed by atoms with Gasteiger partial charge in [0.25, 0.3) is 0 Å². The number of unbranched alkanes of at least 4 members (excludes halogenated alkanes) is 2. The van der Waals surface area contributed by atoms with Crippen molar-refractivity contribution in [2.24, 2.45) is 0 Å². The topological polar surface area (TPSA) is 49.2 Å². The summed E-state index contributed by atoms with van der Waals surface area (Å²) >= 11 is 6.22. The molecule has 0 radical (unpaired) electrons. The minimum absolute atomic E-state index is 0.438. The lowest BCUT2D eigenvalue weighted by atomic mass is 10.1. The largest absolute Gasteiger partial charge is 0.495 e. The number of rotatable bonds is 10. The van der Waals surface area contributed by atoms with Gasteiger partial charge in [-0.1, -0.05) is 71.3 Å². The number of benzene rings is 3. The van der Waals surface area contributed by atoms with Crippen LogP contribution < -0.4 is 9.47 Å². The van der Waals surface area contributed by atoms with E-state index in [9.17, 15) is 0 Å². The normalized spacial score (nSPS) is 10.8. The van der Waals surface area contributed by atoms with E-state index in [-0.39, 0.29) is 0 Å². The molecule has 1 heterocycles. The summed E-state index contributed by atoms with van der Waals surface area (Å²) in [6.45, 7) is 0.567. The predicted molar refractivity (Wildman–Crippen MR) is 128 cm³/mol. The first-order chi connectivity index (χ1) is 15.8. The number of nitrogens with zero attached hydrogens (tertiary/aromatic N) is 3. The molecule has 0 saturated heterocycles. The van der Waals surface area contributed by atoms with Gasteiger partial charge in [0.05, 0.1) is 19.4 Å². The molecule has 5 nitrogen and oxygen atoms in total. The number of halogens is 1. The molecular weight excluding hydrogens is 422 g/mol. The number of hydrogen-bond acceptors (Lipinski definition) is 4. The molecule has 164 valence electrons. The Bertz CT molecular complexity index is 1140. The monoisotopic (exact) mass is 447 g/mol. The van der Waals surface area contributed by atoms with Gasteiger partial charge in [0.1, 0.15) is 5.75 Å². The van der Waals surface area contributed by atoms with Gasteiger partial charge in [-0.2, -0.15) is 0 Å². The van der Waals surface area contributed by atoms with Gasteiger partial charge in [-0.15, -0.1) is 5.10 Å². The van der Waals surface area contributed by atoms with Gasteiger partial charge in [-0.05, 0) is 55.5 Å². The maximum Gasteiger partial charge on any atom is 0.322 e.